The van der Waals surface area contributed by atoms with Crippen LogP contribution in [0, 0.1) is 0 Å². The third-order valence-electron chi connectivity index (χ3n) is 3.07. The molecule has 110 valence electrons. The predicted octanol–water partition coefficient (Wildman–Crippen LogP) is 3.91. The van der Waals surface area contributed by atoms with E-state index in [1.54, 1.807) is 0 Å². The van der Waals surface area contributed by atoms with E-state index in [2.05, 4.69) is 0 Å². The Morgan fingerprint density at radius 3 is 1.94 bits per heavy atom. The van der Waals surface area contributed by atoms with Crippen LogP contribution in [0.5, 0.6) is 0 Å². The molecule has 2 N–H and O–H groups in total. The van der Waals surface area contributed by atoms with Crippen LogP contribution in [0.2, 0.25) is 0 Å². The molecule has 0 rings (SSSR count). The summed E-state index contributed by atoms with van der Waals surface area (Å²) in [4.78, 5) is 19.9. The highest BCUT2D eigenvalue weighted by Gasteiger charge is 2.34. The zero-order chi connectivity index (χ0) is 14.2. The molecular weight excluding hydrogens is 270 g/mol. The third kappa shape index (κ3) is 7.09. The van der Waals surface area contributed by atoms with Crippen LogP contribution in [0.15, 0.2) is 0 Å². The van der Waals surface area contributed by atoms with Crippen molar-refractivity contribution in [3.8, 4) is 0 Å². The van der Waals surface area contributed by atoms with E-state index in [-0.39, 0.29) is 18.5 Å². The maximum atomic E-state index is 12.2. The van der Waals surface area contributed by atoms with Crippen LogP contribution in [-0.4, -0.2) is 33.9 Å². The largest absolute Gasteiger partial charge is 0.344 e. The van der Waals surface area contributed by atoms with Gasteiger partial charge >= 0.3 is 0 Å². The van der Waals surface area contributed by atoms with E-state index >= 15 is 0 Å². The van der Waals surface area contributed by atoms with Crippen molar-refractivity contribution in [2.24, 2.45) is 0 Å². The zero-order valence-corrected chi connectivity index (χ0v) is 13.6. The van der Waals surface area contributed by atoms with Crippen molar-refractivity contribution in [1.82, 2.24) is 0 Å². The lowest BCUT2D eigenvalue weighted by Crippen LogP contribution is -2.17. The highest BCUT2D eigenvalue weighted by Crippen LogP contribution is 2.55. The van der Waals surface area contributed by atoms with Gasteiger partial charge in [0.1, 0.15) is 0 Å². The van der Waals surface area contributed by atoms with Crippen LogP contribution in [0.4, 0.5) is 0 Å². The third-order valence-corrected chi connectivity index (χ3v) is 8.19. The van der Waals surface area contributed by atoms with Gasteiger partial charge in [-0.05, 0) is 19.3 Å². The SMILES string of the molecule is CCCCC(CP(=O)(O)CCC)P(=O)(O)CCC. The summed E-state index contributed by atoms with van der Waals surface area (Å²) in [5.41, 5.74) is -0.500. The van der Waals surface area contributed by atoms with E-state index < -0.39 is 20.4 Å². The molecule has 0 aliphatic heterocycles. The topological polar surface area (TPSA) is 74.6 Å². The average molecular weight is 298 g/mol. The fraction of sp³-hybridized carbons (Fsp3) is 1.00. The highest BCUT2D eigenvalue weighted by atomic mass is 31.2. The van der Waals surface area contributed by atoms with Crippen LogP contribution in [-0.2, 0) is 9.13 Å². The molecule has 0 saturated heterocycles. The minimum absolute atomic E-state index is 0.00855. The highest BCUT2D eigenvalue weighted by molar-refractivity contribution is 7.62. The number of hydrogen-bond acceptors (Lipinski definition) is 2. The minimum atomic E-state index is -3.28. The van der Waals surface area contributed by atoms with E-state index in [9.17, 15) is 18.9 Å². The average Bonchev–Trinajstić information content (AvgIpc) is 2.23. The van der Waals surface area contributed by atoms with E-state index in [1.165, 1.54) is 0 Å². The summed E-state index contributed by atoms with van der Waals surface area (Å²) in [6.45, 7) is 5.74. The molecular formula is C12H28O4P2. The number of hydrogen-bond donors (Lipinski definition) is 2. The summed E-state index contributed by atoms with van der Waals surface area (Å²) < 4.78 is 24.2. The second-order valence-corrected chi connectivity index (χ2v) is 10.2. The second kappa shape index (κ2) is 8.53. The Labute approximate surface area is 111 Å². The van der Waals surface area contributed by atoms with E-state index in [4.69, 9.17) is 0 Å². The Bertz CT molecular complexity index is 317. The van der Waals surface area contributed by atoms with Gasteiger partial charge in [-0.15, -0.1) is 0 Å². The first-order chi connectivity index (χ1) is 8.29. The molecule has 0 amide bonds. The lowest BCUT2D eigenvalue weighted by Gasteiger charge is -2.25. The molecule has 6 heteroatoms. The normalized spacial score (nSPS) is 20.1. The van der Waals surface area contributed by atoms with Gasteiger partial charge in [0.25, 0.3) is 0 Å². The Morgan fingerprint density at radius 2 is 1.50 bits per heavy atom. The van der Waals surface area contributed by atoms with Gasteiger partial charge in [-0.25, -0.2) is 0 Å². The summed E-state index contributed by atoms with van der Waals surface area (Å²) in [7, 11) is -6.53. The van der Waals surface area contributed by atoms with Gasteiger partial charge < -0.3 is 9.79 Å². The first-order valence-corrected chi connectivity index (χ1v) is 10.9. The van der Waals surface area contributed by atoms with Crippen LogP contribution < -0.4 is 0 Å². The van der Waals surface area contributed by atoms with Gasteiger partial charge in [0.15, 0.2) is 0 Å². The smallest absolute Gasteiger partial charge is 0.204 e. The van der Waals surface area contributed by atoms with Crippen LogP contribution >= 0.6 is 14.7 Å². The van der Waals surface area contributed by atoms with Gasteiger partial charge in [0, 0.05) is 24.1 Å². The first kappa shape index (κ1) is 18.4. The Hall–Kier alpha value is 0.380. The molecule has 0 aromatic carbocycles. The molecule has 0 aromatic rings. The van der Waals surface area contributed by atoms with Crippen molar-refractivity contribution in [2.75, 3.05) is 18.5 Å². The van der Waals surface area contributed by atoms with Gasteiger partial charge in [0.2, 0.25) is 14.7 Å². The summed E-state index contributed by atoms with van der Waals surface area (Å²) >= 11 is 0. The lowest BCUT2D eigenvalue weighted by molar-refractivity contribution is 0.445. The maximum absolute atomic E-state index is 12.2. The van der Waals surface area contributed by atoms with Crippen molar-refractivity contribution >= 4 is 14.7 Å². The molecule has 18 heavy (non-hydrogen) atoms. The minimum Gasteiger partial charge on any atom is -0.344 e. The zero-order valence-electron chi connectivity index (χ0n) is 11.8. The van der Waals surface area contributed by atoms with Gasteiger partial charge in [-0.1, -0.05) is 33.6 Å². The van der Waals surface area contributed by atoms with Crippen molar-refractivity contribution in [3.63, 3.8) is 0 Å². The molecule has 0 aliphatic rings. The fourth-order valence-corrected chi connectivity index (χ4v) is 7.23. The number of rotatable bonds is 10. The lowest BCUT2D eigenvalue weighted by atomic mass is 10.2. The first-order valence-electron chi connectivity index (χ1n) is 6.91. The molecule has 0 fully saturated rings. The van der Waals surface area contributed by atoms with Crippen molar-refractivity contribution < 1.29 is 18.9 Å². The standard InChI is InChI=1S/C12H28O4P2/c1-4-7-8-12(18(15,16)10-6-3)11-17(13,14)9-5-2/h12H,4-11H2,1-3H3,(H,13,14)(H,15,16). The molecule has 0 heterocycles. The second-order valence-electron chi connectivity index (χ2n) is 5.03. The van der Waals surface area contributed by atoms with Crippen LogP contribution in [0.3, 0.4) is 0 Å². The summed E-state index contributed by atoms with van der Waals surface area (Å²) in [6, 6.07) is 0. The van der Waals surface area contributed by atoms with E-state index in [0.29, 0.717) is 19.3 Å². The van der Waals surface area contributed by atoms with Gasteiger partial charge in [0.05, 0.1) is 0 Å². The Kier molecular flexibility index (Phi) is 8.71. The summed E-state index contributed by atoms with van der Waals surface area (Å²) in [5.74, 6) is 0. The molecule has 0 radical (unpaired) electrons. The molecule has 4 nitrogen and oxygen atoms in total. The maximum Gasteiger partial charge on any atom is 0.204 e. The molecule has 3 atom stereocenters. The van der Waals surface area contributed by atoms with E-state index in [0.717, 1.165) is 12.8 Å². The quantitative estimate of drug-likeness (QED) is 0.600. The Balaban J connectivity index is 4.78. The number of unbranched alkanes of at least 4 members (excludes halogenated alkanes) is 1. The van der Waals surface area contributed by atoms with Crippen LogP contribution in [0.1, 0.15) is 52.9 Å². The molecule has 0 spiro atoms. The Morgan fingerprint density at radius 1 is 0.944 bits per heavy atom. The van der Waals surface area contributed by atoms with Crippen molar-refractivity contribution in [3.05, 3.63) is 0 Å². The fourth-order valence-electron chi connectivity index (χ4n) is 2.13. The predicted molar refractivity (Wildman–Crippen MR) is 78.1 cm³/mol. The van der Waals surface area contributed by atoms with Gasteiger partial charge in [-0.2, -0.15) is 0 Å². The van der Waals surface area contributed by atoms with E-state index in [1.807, 2.05) is 20.8 Å². The summed E-state index contributed by atoms with van der Waals surface area (Å²) in [6.07, 6.45) is 4.15. The molecule has 0 aliphatic carbocycles. The van der Waals surface area contributed by atoms with Crippen molar-refractivity contribution in [2.45, 2.75) is 58.5 Å². The molecule has 3 unspecified atom stereocenters. The molecule has 0 aromatic heterocycles. The van der Waals surface area contributed by atoms with Gasteiger partial charge in [-0.3, -0.25) is 9.13 Å². The summed E-state index contributed by atoms with van der Waals surface area (Å²) in [5, 5.41) is 0. The van der Waals surface area contributed by atoms with Crippen molar-refractivity contribution in [1.29, 1.82) is 0 Å². The molecule has 0 bridgehead atoms. The van der Waals surface area contributed by atoms with Crippen LogP contribution in [0.25, 0.3) is 0 Å². The monoisotopic (exact) mass is 298 g/mol. The molecule has 0 saturated carbocycles.